The number of hydrogen-bond acceptors (Lipinski definition) is 8. The molecule has 0 radical (unpaired) electrons. The highest BCUT2D eigenvalue weighted by Gasteiger charge is 2.32. The zero-order valence-corrected chi connectivity index (χ0v) is 18.0. The Bertz CT molecular complexity index is 1010. The molecule has 1 N–H and O–H groups in total. The number of morpholine rings is 1. The van der Waals surface area contributed by atoms with Gasteiger partial charge in [-0.2, -0.15) is 0 Å². The minimum absolute atomic E-state index is 0.0905. The maximum Gasteiger partial charge on any atom is 0.236 e. The smallest absolute Gasteiger partial charge is 0.236 e. The molecule has 0 bridgehead atoms. The van der Waals surface area contributed by atoms with Crippen molar-refractivity contribution < 1.29 is 9.53 Å². The van der Waals surface area contributed by atoms with E-state index in [1.54, 1.807) is 0 Å². The number of carbonyl (C=O) groups is 1. The third-order valence-electron chi connectivity index (χ3n) is 5.00. The molecule has 3 aromatic rings. The highest BCUT2D eigenvalue weighted by Crippen LogP contribution is 2.41. The first-order chi connectivity index (χ1) is 14.8. The third-order valence-corrected chi connectivity index (χ3v) is 6.71. The minimum atomic E-state index is -0.0905. The summed E-state index contributed by atoms with van der Waals surface area (Å²) in [6.07, 6.45) is 2.27. The fraction of sp³-hybridized carbons (Fsp3) is 0.400. The van der Waals surface area contributed by atoms with Crippen LogP contribution in [0.1, 0.15) is 18.9 Å². The summed E-state index contributed by atoms with van der Waals surface area (Å²) in [7, 11) is 0. The predicted octanol–water partition coefficient (Wildman–Crippen LogP) is 3.30. The molecular weight excluding hydrogens is 420 g/mol. The number of rotatable bonds is 7. The highest BCUT2D eigenvalue weighted by molar-refractivity contribution is 7.99. The predicted molar refractivity (Wildman–Crippen MR) is 118 cm³/mol. The van der Waals surface area contributed by atoms with Crippen molar-refractivity contribution in [1.82, 2.24) is 19.7 Å². The van der Waals surface area contributed by atoms with Gasteiger partial charge >= 0.3 is 0 Å². The quantitative estimate of drug-likeness (QED) is 0.562. The summed E-state index contributed by atoms with van der Waals surface area (Å²) in [5.41, 5.74) is 1.91. The van der Waals surface area contributed by atoms with Gasteiger partial charge in [-0.25, -0.2) is 4.98 Å². The molecule has 1 aliphatic heterocycles. The Kier molecular flexibility index (Phi) is 5.69. The first-order valence-corrected chi connectivity index (χ1v) is 11.9. The summed E-state index contributed by atoms with van der Waals surface area (Å²) in [6.45, 7) is 3.07. The summed E-state index contributed by atoms with van der Waals surface area (Å²) in [6, 6.07) is 10.4. The molecule has 30 heavy (non-hydrogen) atoms. The Labute approximate surface area is 182 Å². The van der Waals surface area contributed by atoms with Gasteiger partial charge in [-0.3, -0.25) is 9.36 Å². The number of anilines is 2. The van der Waals surface area contributed by atoms with Crippen molar-refractivity contribution in [2.45, 2.75) is 24.0 Å². The van der Waals surface area contributed by atoms with Gasteiger partial charge in [0.2, 0.25) is 11.9 Å². The number of aromatic nitrogens is 4. The van der Waals surface area contributed by atoms with Crippen LogP contribution >= 0.6 is 23.1 Å². The first kappa shape index (κ1) is 19.5. The van der Waals surface area contributed by atoms with Crippen LogP contribution in [0.4, 0.5) is 11.1 Å². The lowest BCUT2D eigenvalue weighted by Crippen LogP contribution is -2.38. The van der Waals surface area contributed by atoms with Crippen molar-refractivity contribution in [3.63, 3.8) is 0 Å². The lowest BCUT2D eigenvalue weighted by molar-refractivity contribution is -0.113. The molecule has 2 aromatic heterocycles. The monoisotopic (exact) mass is 442 g/mol. The fourth-order valence-electron chi connectivity index (χ4n) is 3.36. The molecule has 1 aromatic carbocycles. The van der Waals surface area contributed by atoms with E-state index in [-0.39, 0.29) is 11.7 Å². The highest BCUT2D eigenvalue weighted by atomic mass is 32.2. The Balaban J connectivity index is 1.22. The minimum Gasteiger partial charge on any atom is -0.378 e. The maximum absolute atomic E-state index is 12.5. The van der Waals surface area contributed by atoms with Gasteiger partial charge in [0.1, 0.15) is 0 Å². The van der Waals surface area contributed by atoms with E-state index < -0.39 is 0 Å². The molecule has 1 amide bonds. The van der Waals surface area contributed by atoms with Crippen LogP contribution in [-0.2, 0) is 9.53 Å². The topological polar surface area (TPSA) is 85.2 Å². The third kappa shape index (κ3) is 4.35. The van der Waals surface area contributed by atoms with Crippen molar-refractivity contribution in [1.29, 1.82) is 0 Å². The van der Waals surface area contributed by atoms with Gasteiger partial charge in [0, 0.05) is 30.1 Å². The average molecular weight is 443 g/mol. The first-order valence-electron chi connectivity index (χ1n) is 9.99. The number of nitrogens with zero attached hydrogens (tertiary/aromatic N) is 5. The Morgan fingerprint density at radius 3 is 2.77 bits per heavy atom. The number of thioether (sulfide) groups is 1. The van der Waals surface area contributed by atoms with E-state index in [0.29, 0.717) is 24.4 Å². The number of amides is 1. The molecule has 0 atom stereocenters. The molecule has 10 heteroatoms. The summed E-state index contributed by atoms with van der Waals surface area (Å²) < 4.78 is 7.64. The molecule has 8 nitrogen and oxygen atoms in total. The number of thiazole rings is 1. The molecule has 156 valence electrons. The molecule has 0 spiro atoms. The van der Waals surface area contributed by atoms with E-state index in [2.05, 4.69) is 30.0 Å². The van der Waals surface area contributed by atoms with Gasteiger partial charge in [0.05, 0.1) is 24.7 Å². The summed E-state index contributed by atoms with van der Waals surface area (Å²) >= 11 is 2.86. The summed E-state index contributed by atoms with van der Waals surface area (Å²) in [5, 5.41) is 15.1. The van der Waals surface area contributed by atoms with Crippen molar-refractivity contribution in [3.8, 4) is 11.3 Å². The molecule has 2 fully saturated rings. The van der Waals surface area contributed by atoms with Crippen LogP contribution < -0.4 is 10.2 Å². The number of nitrogens with one attached hydrogen (secondary N) is 1. The molecule has 1 saturated heterocycles. The normalized spacial score (nSPS) is 16.6. The number of hydrogen-bond donors (Lipinski definition) is 1. The Hall–Kier alpha value is -2.43. The van der Waals surface area contributed by atoms with E-state index in [9.17, 15) is 4.79 Å². The van der Waals surface area contributed by atoms with Gasteiger partial charge in [-0.15, -0.1) is 21.5 Å². The van der Waals surface area contributed by atoms with E-state index in [1.807, 2.05) is 35.7 Å². The second-order valence-electron chi connectivity index (χ2n) is 7.22. The lowest BCUT2D eigenvalue weighted by atomic mass is 10.2. The van der Waals surface area contributed by atoms with Crippen LogP contribution in [0.5, 0.6) is 0 Å². The average Bonchev–Trinajstić information content (AvgIpc) is 3.37. The lowest BCUT2D eigenvalue weighted by Gasteiger charge is -2.27. The van der Waals surface area contributed by atoms with Crippen LogP contribution in [-0.4, -0.2) is 57.7 Å². The Morgan fingerprint density at radius 1 is 1.20 bits per heavy atom. The Morgan fingerprint density at radius 2 is 2.00 bits per heavy atom. The SMILES string of the molecule is O=C(CSc1nnc(N2CCOCC2)n1C1CC1)Nc1nc(-c2ccccc2)cs1. The zero-order valence-electron chi connectivity index (χ0n) is 16.4. The van der Waals surface area contributed by atoms with Crippen LogP contribution in [0.25, 0.3) is 11.3 Å². The second kappa shape index (κ2) is 8.75. The van der Waals surface area contributed by atoms with Crippen LogP contribution in [0.3, 0.4) is 0 Å². The molecule has 5 rings (SSSR count). The maximum atomic E-state index is 12.5. The van der Waals surface area contributed by atoms with Crippen molar-refractivity contribution in [2.75, 3.05) is 42.3 Å². The van der Waals surface area contributed by atoms with Crippen LogP contribution in [0, 0.1) is 0 Å². The van der Waals surface area contributed by atoms with Crippen molar-refractivity contribution >= 4 is 40.1 Å². The van der Waals surface area contributed by atoms with E-state index in [1.165, 1.54) is 23.1 Å². The van der Waals surface area contributed by atoms with E-state index >= 15 is 0 Å². The number of benzene rings is 1. The molecule has 0 unspecified atom stereocenters. The molecule has 1 aliphatic carbocycles. The van der Waals surface area contributed by atoms with Gasteiger partial charge < -0.3 is 15.0 Å². The van der Waals surface area contributed by atoms with Crippen LogP contribution in [0.2, 0.25) is 0 Å². The van der Waals surface area contributed by atoms with Gasteiger partial charge in [0.15, 0.2) is 10.3 Å². The van der Waals surface area contributed by atoms with Crippen molar-refractivity contribution in [3.05, 3.63) is 35.7 Å². The van der Waals surface area contributed by atoms with Gasteiger partial charge in [-0.05, 0) is 12.8 Å². The van der Waals surface area contributed by atoms with Crippen molar-refractivity contribution in [2.24, 2.45) is 0 Å². The van der Waals surface area contributed by atoms with Gasteiger partial charge in [0.25, 0.3) is 0 Å². The zero-order chi connectivity index (χ0) is 20.3. The van der Waals surface area contributed by atoms with E-state index in [4.69, 9.17) is 4.74 Å². The van der Waals surface area contributed by atoms with E-state index in [0.717, 1.165) is 48.3 Å². The molecular formula is C20H22N6O2S2. The molecule has 1 saturated carbocycles. The second-order valence-corrected chi connectivity index (χ2v) is 9.02. The molecule has 2 aliphatic rings. The number of ether oxygens (including phenoxy) is 1. The summed E-state index contributed by atoms with van der Waals surface area (Å²) in [4.78, 5) is 19.2. The number of carbonyl (C=O) groups excluding carboxylic acids is 1. The fourth-order valence-corrected chi connectivity index (χ4v) is 4.89. The van der Waals surface area contributed by atoms with Crippen LogP contribution in [0.15, 0.2) is 40.9 Å². The van der Waals surface area contributed by atoms with Gasteiger partial charge in [-0.1, -0.05) is 42.1 Å². The summed E-state index contributed by atoms with van der Waals surface area (Å²) in [5.74, 6) is 1.08. The molecule has 3 heterocycles. The largest absolute Gasteiger partial charge is 0.378 e. The standard InChI is InChI=1S/C20H22N6O2S2/c27-17(22-18-21-16(12-29-18)14-4-2-1-3-5-14)13-30-20-24-23-19(26(20)15-6-7-15)25-8-10-28-11-9-25/h1-5,12,15H,6-11,13H2,(H,21,22,27).